The van der Waals surface area contributed by atoms with Crippen LogP contribution in [0, 0.1) is 0 Å². The Hall–Kier alpha value is -1.48. The van der Waals surface area contributed by atoms with Gasteiger partial charge in [0.2, 0.25) is 0 Å². The molecule has 0 aliphatic heterocycles. The van der Waals surface area contributed by atoms with E-state index in [0.717, 1.165) is 5.56 Å². The van der Waals surface area contributed by atoms with Gasteiger partial charge in [-0.15, -0.1) is 11.6 Å². The number of ether oxygens (including phenoxy) is 2. The van der Waals surface area contributed by atoms with Gasteiger partial charge in [0.25, 0.3) is 0 Å². The number of benzene rings is 1. The molecule has 86 valence electrons. The lowest BCUT2D eigenvalue weighted by Gasteiger charge is -2.04. The van der Waals surface area contributed by atoms with Crippen LogP contribution in [-0.4, -0.2) is 18.6 Å². The van der Waals surface area contributed by atoms with Crippen LogP contribution in [-0.2, 0) is 4.74 Å². The van der Waals surface area contributed by atoms with Crippen molar-refractivity contribution in [3.8, 4) is 5.75 Å². The summed E-state index contributed by atoms with van der Waals surface area (Å²) in [7, 11) is 0. The number of rotatable bonds is 4. The van der Waals surface area contributed by atoms with Crippen LogP contribution in [0.1, 0.15) is 12.5 Å². The van der Waals surface area contributed by atoms with Gasteiger partial charge < -0.3 is 9.47 Å². The molecule has 4 heteroatoms. The van der Waals surface area contributed by atoms with Gasteiger partial charge in [-0.2, -0.15) is 0 Å². The molecule has 3 nitrogen and oxygen atoms in total. The quantitative estimate of drug-likeness (QED) is 0.459. The van der Waals surface area contributed by atoms with E-state index in [-0.39, 0.29) is 0 Å². The van der Waals surface area contributed by atoms with Crippen molar-refractivity contribution < 1.29 is 14.3 Å². The minimum atomic E-state index is -0.694. The molecule has 0 amide bonds. The van der Waals surface area contributed by atoms with E-state index in [1.54, 1.807) is 25.1 Å². The van der Waals surface area contributed by atoms with Crippen LogP contribution in [0.5, 0.6) is 5.75 Å². The van der Waals surface area contributed by atoms with Crippen LogP contribution in [0.4, 0.5) is 4.79 Å². The maximum Gasteiger partial charge on any atom is 0.513 e. The van der Waals surface area contributed by atoms with Crippen molar-refractivity contribution in [2.45, 2.75) is 6.92 Å². The number of carbonyl (C=O) groups excluding carboxylic acids is 1. The Balaban J connectivity index is 2.67. The molecular weight excluding hydrogens is 228 g/mol. The normalized spacial score (nSPS) is 10.4. The minimum Gasteiger partial charge on any atom is -0.434 e. The summed E-state index contributed by atoms with van der Waals surface area (Å²) in [4.78, 5) is 11.1. The van der Waals surface area contributed by atoms with E-state index in [1.165, 1.54) is 0 Å². The number of carbonyl (C=O) groups is 1. The number of allylic oxidation sites excluding steroid dienone is 1. The SMILES string of the molecule is CCOC(=O)Oc1cccc(C=CCCl)c1. The zero-order chi connectivity index (χ0) is 11.8. The predicted molar refractivity (Wildman–Crippen MR) is 63.8 cm³/mol. The fourth-order valence-electron chi connectivity index (χ4n) is 1.11. The van der Waals surface area contributed by atoms with Crippen molar-refractivity contribution in [2.24, 2.45) is 0 Å². The number of alkyl halides is 1. The third-order valence-corrected chi connectivity index (χ3v) is 1.90. The molecule has 0 atom stereocenters. The Labute approximate surface area is 99.6 Å². The second kappa shape index (κ2) is 6.90. The lowest BCUT2D eigenvalue weighted by atomic mass is 10.2. The molecule has 0 saturated heterocycles. The first-order valence-corrected chi connectivity index (χ1v) is 5.47. The average molecular weight is 241 g/mol. The second-order valence-corrected chi connectivity index (χ2v) is 3.22. The monoisotopic (exact) mass is 240 g/mol. The van der Waals surface area contributed by atoms with Gasteiger partial charge in [-0.3, -0.25) is 0 Å². The molecule has 1 aromatic rings. The molecule has 0 N–H and O–H groups in total. The van der Waals surface area contributed by atoms with Crippen LogP contribution >= 0.6 is 11.6 Å². The third kappa shape index (κ3) is 4.36. The first-order chi connectivity index (χ1) is 7.76. The number of hydrogen-bond acceptors (Lipinski definition) is 3. The molecule has 0 saturated carbocycles. The lowest BCUT2D eigenvalue weighted by Crippen LogP contribution is -2.09. The molecular formula is C12H13ClO3. The Kier molecular flexibility index (Phi) is 5.43. The van der Waals surface area contributed by atoms with E-state index in [4.69, 9.17) is 16.3 Å². The zero-order valence-electron chi connectivity index (χ0n) is 8.98. The van der Waals surface area contributed by atoms with Crippen LogP contribution in [0.15, 0.2) is 30.3 Å². The molecule has 0 aliphatic carbocycles. The highest BCUT2D eigenvalue weighted by molar-refractivity contribution is 6.19. The van der Waals surface area contributed by atoms with E-state index in [0.29, 0.717) is 18.2 Å². The summed E-state index contributed by atoms with van der Waals surface area (Å²) in [5.41, 5.74) is 0.919. The van der Waals surface area contributed by atoms with E-state index in [2.05, 4.69) is 4.74 Å². The van der Waals surface area contributed by atoms with Crippen molar-refractivity contribution in [3.63, 3.8) is 0 Å². The van der Waals surface area contributed by atoms with E-state index >= 15 is 0 Å². The molecule has 0 aromatic heterocycles. The van der Waals surface area contributed by atoms with Gasteiger partial charge in [-0.1, -0.05) is 24.3 Å². The van der Waals surface area contributed by atoms with Gasteiger partial charge in [0.15, 0.2) is 0 Å². The van der Waals surface area contributed by atoms with Crippen molar-refractivity contribution in [1.29, 1.82) is 0 Å². The Morgan fingerprint density at radius 1 is 1.50 bits per heavy atom. The minimum absolute atomic E-state index is 0.296. The van der Waals surface area contributed by atoms with Gasteiger partial charge in [0.05, 0.1) is 6.61 Å². The smallest absolute Gasteiger partial charge is 0.434 e. The van der Waals surface area contributed by atoms with E-state index < -0.39 is 6.16 Å². The van der Waals surface area contributed by atoms with Crippen LogP contribution in [0.25, 0.3) is 6.08 Å². The molecule has 0 bridgehead atoms. The van der Waals surface area contributed by atoms with Gasteiger partial charge in [0.1, 0.15) is 5.75 Å². The summed E-state index contributed by atoms with van der Waals surface area (Å²) in [6, 6.07) is 7.11. The zero-order valence-corrected chi connectivity index (χ0v) is 9.74. The number of hydrogen-bond donors (Lipinski definition) is 0. The van der Waals surface area contributed by atoms with Gasteiger partial charge in [-0.05, 0) is 24.6 Å². The summed E-state index contributed by atoms with van der Waals surface area (Å²) in [6.45, 7) is 2.02. The predicted octanol–water partition coefficient (Wildman–Crippen LogP) is 3.47. The largest absolute Gasteiger partial charge is 0.513 e. The van der Waals surface area contributed by atoms with Crippen LogP contribution < -0.4 is 4.74 Å². The highest BCUT2D eigenvalue weighted by Gasteiger charge is 2.04. The summed E-state index contributed by atoms with van der Waals surface area (Å²) in [6.07, 6.45) is 2.97. The van der Waals surface area contributed by atoms with Crippen molar-refractivity contribution in [2.75, 3.05) is 12.5 Å². The Morgan fingerprint density at radius 2 is 2.31 bits per heavy atom. The van der Waals surface area contributed by atoms with Gasteiger partial charge in [-0.25, -0.2) is 4.79 Å². The molecule has 0 radical (unpaired) electrons. The molecule has 1 aromatic carbocycles. The van der Waals surface area contributed by atoms with Crippen LogP contribution in [0.3, 0.4) is 0 Å². The summed E-state index contributed by atoms with van der Waals surface area (Å²) >= 11 is 5.52. The highest BCUT2D eigenvalue weighted by Crippen LogP contribution is 2.15. The van der Waals surface area contributed by atoms with E-state index in [1.807, 2.05) is 18.2 Å². The Morgan fingerprint density at radius 3 is 3.00 bits per heavy atom. The average Bonchev–Trinajstić information content (AvgIpc) is 2.27. The standard InChI is InChI=1S/C12H13ClO3/c1-2-15-12(14)16-11-7-3-5-10(9-11)6-4-8-13/h3-7,9H,2,8H2,1H3. The van der Waals surface area contributed by atoms with Gasteiger partial charge >= 0.3 is 6.16 Å². The second-order valence-electron chi connectivity index (χ2n) is 2.91. The first-order valence-electron chi connectivity index (χ1n) is 4.93. The molecule has 0 unspecified atom stereocenters. The molecule has 16 heavy (non-hydrogen) atoms. The van der Waals surface area contributed by atoms with E-state index in [9.17, 15) is 4.79 Å². The topological polar surface area (TPSA) is 35.5 Å². The third-order valence-electron chi connectivity index (χ3n) is 1.72. The van der Waals surface area contributed by atoms with Crippen molar-refractivity contribution in [3.05, 3.63) is 35.9 Å². The molecule has 1 rings (SSSR count). The summed E-state index contributed by atoms with van der Waals surface area (Å²) in [5.74, 6) is 0.901. The molecule has 0 fully saturated rings. The maximum absolute atomic E-state index is 11.1. The van der Waals surface area contributed by atoms with Crippen molar-refractivity contribution in [1.82, 2.24) is 0 Å². The summed E-state index contributed by atoms with van der Waals surface area (Å²) in [5, 5.41) is 0. The van der Waals surface area contributed by atoms with Crippen molar-refractivity contribution >= 4 is 23.8 Å². The van der Waals surface area contributed by atoms with Crippen LogP contribution in [0.2, 0.25) is 0 Å². The molecule has 0 heterocycles. The van der Waals surface area contributed by atoms with Gasteiger partial charge in [0, 0.05) is 5.88 Å². The molecule has 0 spiro atoms. The fraction of sp³-hybridized carbons (Fsp3) is 0.250. The lowest BCUT2D eigenvalue weighted by molar-refractivity contribution is 0.104. The first kappa shape index (κ1) is 12.6. The molecule has 0 aliphatic rings. The maximum atomic E-state index is 11.1. The Bertz CT molecular complexity index is 374. The highest BCUT2D eigenvalue weighted by atomic mass is 35.5. The fourth-order valence-corrected chi connectivity index (χ4v) is 1.19. The number of halogens is 1. The summed E-state index contributed by atoms with van der Waals surface area (Å²) < 4.78 is 9.61.